The van der Waals surface area contributed by atoms with Gasteiger partial charge in [0.05, 0.1) is 0 Å². The van der Waals surface area contributed by atoms with Crippen LogP contribution in [0.25, 0.3) is 0 Å². The molecule has 23 heavy (non-hydrogen) atoms. The molecular formula is C19H24O2SSe. The van der Waals surface area contributed by atoms with Crippen molar-refractivity contribution in [1.82, 2.24) is 0 Å². The molecule has 4 heteroatoms. The van der Waals surface area contributed by atoms with Gasteiger partial charge in [0.2, 0.25) is 0 Å². The fourth-order valence-corrected chi connectivity index (χ4v) is 7.47. The zero-order chi connectivity index (χ0) is 16.7. The summed E-state index contributed by atoms with van der Waals surface area (Å²) in [6.45, 7) is 4.13. The Hall–Kier alpha value is -1.09. The van der Waals surface area contributed by atoms with Gasteiger partial charge in [-0.2, -0.15) is 0 Å². The van der Waals surface area contributed by atoms with Crippen LogP contribution in [0.3, 0.4) is 0 Å². The van der Waals surface area contributed by atoms with Crippen molar-refractivity contribution in [2.75, 3.05) is 5.75 Å². The van der Waals surface area contributed by atoms with Gasteiger partial charge in [-0.1, -0.05) is 0 Å². The SMILES string of the molecule is CCCCC(CS(=O)(=O)c1ccc(C)cc1)[Se]c1ccccc1. The van der Waals surface area contributed by atoms with Gasteiger partial charge in [0.15, 0.2) is 0 Å². The Bertz CT molecular complexity index is 694. The van der Waals surface area contributed by atoms with Crippen LogP contribution >= 0.6 is 0 Å². The normalized spacial score (nSPS) is 13.0. The standard InChI is InChI=1S/C19H24O2SSe/c1-3-4-8-19(23-18-9-6-5-7-10-18)15-22(20,21)17-13-11-16(2)12-14-17/h5-7,9-14,19H,3-4,8,15H2,1-2H3. The van der Waals surface area contributed by atoms with Crippen molar-refractivity contribution in [2.45, 2.75) is 42.8 Å². The molecule has 0 aliphatic heterocycles. The topological polar surface area (TPSA) is 34.1 Å². The van der Waals surface area contributed by atoms with Crippen LogP contribution in [-0.4, -0.2) is 29.1 Å². The van der Waals surface area contributed by atoms with E-state index in [1.807, 2.05) is 37.3 Å². The molecule has 0 N–H and O–H groups in total. The summed E-state index contributed by atoms with van der Waals surface area (Å²) in [6.07, 6.45) is 3.17. The molecule has 0 amide bonds. The summed E-state index contributed by atoms with van der Waals surface area (Å²) >= 11 is 0.189. The molecule has 0 aromatic heterocycles. The van der Waals surface area contributed by atoms with Gasteiger partial charge in [-0.15, -0.1) is 0 Å². The Kier molecular flexibility index (Phi) is 6.88. The van der Waals surface area contributed by atoms with E-state index in [2.05, 4.69) is 19.1 Å². The number of benzene rings is 2. The molecule has 1 unspecified atom stereocenters. The second-order valence-electron chi connectivity index (χ2n) is 5.79. The van der Waals surface area contributed by atoms with E-state index < -0.39 is 9.84 Å². The molecule has 0 saturated heterocycles. The maximum absolute atomic E-state index is 12.7. The van der Waals surface area contributed by atoms with Gasteiger partial charge in [-0.25, -0.2) is 0 Å². The number of hydrogen-bond donors (Lipinski definition) is 0. The Labute approximate surface area is 146 Å². The zero-order valence-electron chi connectivity index (χ0n) is 13.7. The van der Waals surface area contributed by atoms with Crippen molar-refractivity contribution in [3.63, 3.8) is 0 Å². The Balaban J connectivity index is 2.14. The monoisotopic (exact) mass is 396 g/mol. The molecule has 2 rings (SSSR count). The maximum atomic E-state index is 12.7. The van der Waals surface area contributed by atoms with Crippen LogP contribution < -0.4 is 4.46 Å². The Morgan fingerprint density at radius 3 is 2.26 bits per heavy atom. The van der Waals surface area contributed by atoms with E-state index in [9.17, 15) is 8.42 Å². The third-order valence-electron chi connectivity index (χ3n) is 3.71. The van der Waals surface area contributed by atoms with Crippen molar-refractivity contribution in [3.8, 4) is 0 Å². The van der Waals surface area contributed by atoms with E-state index in [1.54, 1.807) is 12.1 Å². The van der Waals surface area contributed by atoms with Crippen LogP contribution in [0.2, 0.25) is 4.82 Å². The molecule has 0 saturated carbocycles. The zero-order valence-corrected chi connectivity index (χ0v) is 16.3. The van der Waals surface area contributed by atoms with Gasteiger partial charge in [0.1, 0.15) is 0 Å². The van der Waals surface area contributed by atoms with E-state index in [0.717, 1.165) is 24.8 Å². The van der Waals surface area contributed by atoms with Gasteiger partial charge in [-0.05, 0) is 0 Å². The number of unbranched alkanes of at least 4 members (excludes halogenated alkanes) is 1. The molecule has 124 valence electrons. The van der Waals surface area contributed by atoms with Crippen molar-refractivity contribution in [3.05, 3.63) is 60.2 Å². The summed E-state index contributed by atoms with van der Waals surface area (Å²) in [5.74, 6) is 0.255. The molecule has 2 aromatic rings. The van der Waals surface area contributed by atoms with E-state index >= 15 is 0 Å². The van der Waals surface area contributed by atoms with Crippen LogP contribution in [0.1, 0.15) is 31.7 Å². The molecule has 0 aliphatic rings. The Morgan fingerprint density at radius 1 is 1.00 bits per heavy atom. The van der Waals surface area contributed by atoms with Crippen LogP contribution in [0.15, 0.2) is 59.5 Å². The average molecular weight is 395 g/mol. The van der Waals surface area contributed by atoms with E-state index in [-0.39, 0.29) is 25.5 Å². The first-order valence-corrected chi connectivity index (χ1v) is 11.5. The van der Waals surface area contributed by atoms with Gasteiger partial charge >= 0.3 is 146 Å². The summed E-state index contributed by atoms with van der Waals surface area (Å²) in [5, 5.41) is 0. The first-order valence-electron chi connectivity index (χ1n) is 8.02. The molecule has 0 aliphatic carbocycles. The first kappa shape index (κ1) is 18.3. The molecule has 1 atom stereocenters. The molecule has 0 radical (unpaired) electrons. The number of rotatable bonds is 8. The van der Waals surface area contributed by atoms with Crippen molar-refractivity contribution in [2.24, 2.45) is 0 Å². The summed E-state index contributed by atoms with van der Waals surface area (Å²) in [4.78, 5) is 0.685. The molecule has 0 fully saturated rings. The van der Waals surface area contributed by atoms with Crippen molar-refractivity contribution >= 4 is 29.3 Å². The van der Waals surface area contributed by atoms with Crippen LogP contribution in [0, 0.1) is 6.92 Å². The predicted molar refractivity (Wildman–Crippen MR) is 98.3 cm³/mol. The fourth-order valence-electron chi connectivity index (χ4n) is 2.39. The van der Waals surface area contributed by atoms with Gasteiger partial charge in [-0.3, -0.25) is 0 Å². The minimum atomic E-state index is -3.21. The molecule has 2 nitrogen and oxygen atoms in total. The van der Waals surface area contributed by atoms with Crippen LogP contribution in [0.5, 0.6) is 0 Å². The van der Waals surface area contributed by atoms with Gasteiger partial charge in [0.25, 0.3) is 0 Å². The average Bonchev–Trinajstić information content (AvgIpc) is 2.54. The second-order valence-corrected chi connectivity index (χ2v) is 10.7. The molecular weight excluding hydrogens is 371 g/mol. The van der Waals surface area contributed by atoms with Gasteiger partial charge < -0.3 is 0 Å². The number of aryl methyl sites for hydroxylation is 1. The Morgan fingerprint density at radius 2 is 1.65 bits per heavy atom. The van der Waals surface area contributed by atoms with Crippen molar-refractivity contribution in [1.29, 1.82) is 0 Å². The predicted octanol–water partition coefficient (Wildman–Crippen LogP) is 3.78. The van der Waals surface area contributed by atoms with Crippen LogP contribution in [-0.2, 0) is 9.84 Å². The molecule has 0 bridgehead atoms. The first-order chi connectivity index (χ1) is 11.0. The third-order valence-corrected chi connectivity index (χ3v) is 8.70. The van der Waals surface area contributed by atoms with E-state index in [4.69, 9.17) is 0 Å². The quantitative estimate of drug-likeness (QED) is 0.638. The van der Waals surface area contributed by atoms with Crippen molar-refractivity contribution < 1.29 is 8.42 Å². The summed E-state index contributed by atoms with van der Waals surface area (Å²) in [7, 11) is -3.21. The molecule has 0 heterocycles. The fraction of sp³-hybridized carbons (Fsp3) is 0.368. The second kappa shape index (κ2) is 8.68. The van der Waals surface area contributed by atoms with E-state index in [0.29, 0.717) is 4.90 Å². The summed E-state index contributed by atoms with van der Waals surface area (Å²) in [5.41, 5.74) is 1.08. The third kappa shape index (κ3) is 5.80. The van der Waals surface area contributed by atoms with Crippen LogP contribution in [0.4, 0.5) is 0 Å². The van der Waals surface area contributed by atoms with Gasteiger partial charge in [0, 0.05) is 0 Å². The summed E-state index contributed by atoms with van der Waals surface area (Å²) in [6, 6.07) is 17.5. The van der Waals surface area contributed by atoms with E-state index in [1.165, 1.54) is 4.46 Å². The number of sulfone groups is 1. The number of hydrogen-bond acceptors (Lipinski definition) is 2. The molecule has 2 aromatic carbocycles. The minimum absolute atomic E-state index is 0.189. The summed E-state index contributed by atoms with van der Waals surface area (Å²) < 4.78 is 26.7. The molecule has 0 spiro atoms.